The Bertz CT molecular complexity index is 786. The summed E-state index contributed by atoms with van der Waals surface area (Å²) in [4.78, 5) is 22.8. The monoisotopic (exact) mass is 363 g/mol. The number of unbranched alkanes of at least 4 members (excludes halogenated alkanes) is 1. The van der Waals surface area contributed by atoms with E-state index in [2.05, 4.69) is 10.4 Å². The quantitative estimate of drug-likeness (QED) is 0.567. The number of hydrogen-bond acceptors (Lipinski definition) is 3. The van der Waals surface area contributed by atoms with Crippen LogP contribution in [0.25, 0.3) is 6.08 Å². The molecular weight excluding hydrogens is 345 g/mol. The zero-order chi connectivity index (χ0) is 18.2. The molecule has 7 heteroatoms. The number of nitrogens with zero attached hydrogens (tertiary/aromatic N) is 2. The van der Waals surface area contributed by atoms with Gasteiger partial charge in [-0.25, -0.2) is 4.39 Å². The Morgan fingerprint density at radius 1 is 1.36 bits per heavy atom. The minimum Gasteiger partial charge on any atom is -0.320 e. The van der Waals surface area contributed by atoms with Crippen LogP contribution in [0, 0.1) is 5.82 Å². The lowest BCUT2D eigenvalue weighted by molar-refractivity contribution is -0.117. The number of hydrogen-bond donors (Lipinski definition) is 1. The molecule has 1 heterocycles. The Kier molecular flexibility index (Phi) is 6.89. The minimum absolute atomic E-state index is 0.182. The van der Waals surface area contributed by atoms with Gasteiger partial charge < -0.3 is 10.1 Å². The Hall–Kier alpha value is -2.47. The van der Waals surface area contributed by atoms with Gasteiger partial charge in [0.25, 0.3) is 0 Å². The van der Waals surface area contributed by atoms with E-state index in [0.29, 0.717) is 24.2 Å². The minimum atomic E-state index is -0.428. The molecule has 0 atom stereocenters. The number of nitrogens with one attached hydrogen (secondary N) is 1. The lowest BCUT2D eigenvalue weighted by atomic mass is 10.2. The van der Waals surface area contributed by atoms with E-state index in [-0.39, 0.29) is 16.7 Å². The van der Waals surface area contributed by atoms with Gasteiger partial charge in [0.15, 0.2) is 0 Å². The van der Waals surface area contributed by atoms with Gasteiger partial charge in [0.05, 0.1) is 16.9 Å². The van der Waals surface area contributed by atoms with Crippen molar-refractivity contribution in [2.24, 2.45) is 0 Å². The molecule has 1 aromatic carbocycles. The Morgan fingerprint density at radius 3 is 2.88 bits per heavy atom. The van der Waals surface area contributed by atoms with Crippen LogP contribution in [0.5, 0.6) is 0 Å². The smallest absolute Gasteiger partial charge is 0.248 e. The molecule has 0 aliphatic heterocycles. The summed E-state index contributed by atoms with van der Waals surface area (Å²) in [7, 11) is 0. The van der Waals surface area contributed by atoms with E-state index in [4.69, 9.17) is 11.6 Å². The van der Waals surface area contributed by atoms with Crippen LogP contribution in [-0.4, -0.2) is 21.5 Å². The Balaban J connectivity index is 1.84. The second-order valence-corrected chi connectivity index (χ2v) is 6.05. The van der Waals surface area contributed by atoms with Crippen molar-refractivity contribution in [3.63, 3.8) is 0 Å². The van der Waals surface area contributed by atoms with Gasteiger partial charge >= 0.3 is 0 Å². The SMILES string of the molecule is CC(=O)CCCCn1cc(NC(=O)/C=C/c2ccc(F)cc2Cl)cn1. The first kappa shape index (κ1) is 18.9. The number of rotatable bonds is 8. The second kappa shape index (κ2) is 9.13. The van der Waals surface area contributed by atoms with Crippen molar-refractivity contribution in [1.82, 2.24) is 9.78 Å². The topological polar surface area (TPSA) is 64.0 Å². The van der Waals surface area contributed by atoms with E-state index in [0.717, 1.165) is 12.8 Å². The number of halogens is 2. The molecular formula is C18H19ClFN3O2. The third kappa shape index (κ3) is 6.51. The summed E-state index contributed by atoms with van der Waals surface area (Å²) in [6, 6.07) is 3.97. The molecule has 0 aliphatic carbocycles. The van der Waals surface area contributed by atoms with Gasteiger partial charge in [-0.1, -0.05) is 17.7 Å². The van der Waals surface area contributed by atoms with Gasteiger partial charge in [0.2, 0.25) is 5.91 Å². The molecule has 0 spiro atoms. The summed E-state index contributed by atoms with van der Waals surface area (Å²) >= 11 is 5.90. The highest BCUT2D eigenvalue weighted by atomic mass is 35.5. The number of Topliss-reactive ketones (excluding diaryl/α,β-unsaturated/α-hetero) is 1. The molecule has 132 valence electrons. The average Bonchev–Trinajstić information content (AvgIpc) is 2.98. The van der Waals surface area contributed by atoms with Crippen LogP contribution in [0.4, 0.5) is 10.1 Å². The fraction of sp³-hybridized carbons (Fsp3) is 0.278. The molecule has 0 aliphatic rings. The van der Waals surface area contributed by atoms with Crippen LogP contribution < -0.4 is 5.32 Å². The summed E-state index contributed by atoms with van der Waals surface area (Å²) < 4.78 is 14.7. The van der Waals surface area contributed by atoms with Crippen LogP contribution in [-0.2, 0) is 16.1 Å². The van der Waals surface area contributed by atoms with Crippen LogP contribution in [0.15, 0.2) is 36.7 Å². The Morgan fingerprint density at radius 2 is 2.16 bits per heavy atom. The maximum absolute atomic E-state index is 13.0. The van der Waals surface area contributed by atoms with Crippen molar-refractivity contribution in [2.45, 2.75) is 32.7 Å². The maximum Gasteiger partial charge on any atom is 0.248 e. The van der Waals surface area contributed by atoms with E-state index in [9.17, 15) is 14.0 Å². The fourth-order valence-corrected chi connectivity index (χ4v) is 2.41. The normalized spacial score (nSPS) is 11.0. The van der Waals surface area contributed by atoms with Crippen molar-refractivity contribution in [3.05, 3.63) is 53.1 Å². The van der Waals surface area contributed by atoms with E-state index >= 15 is 0 Å². The largest absolute Gasteiger partial charge is 0.320 e. The summed E-state index contributed by atoms with van der Waals surface area (Å²) in [5.41, 5.74) is 1.13. The van der Waals surface area contributed by atoms with Gasteiger partial charge in [-0.05, 0) is 43.5 Å². The van der Waals surface area contributed by atoms with Gasteiger partial charge in [0, 0.05) is 25.2 Å². The van der Waals surface area contributed by atoms with Crippen molar-refractivity contribution < 1.29 is 14.0 Å². The number of aryl methyl sites for hydroxylation is 1. The molecule has 1 amide bonds. The molecule has 0 radical (unpaired) electrons. The fourth-order valence-electron chi connectivity index (χ4n) is 2.18. The third-order valence-corrected chi connectivity index (χ3v) is 3.77. The lowest BCUT2D eigenvalue weighted by Crippen LogP contribution is -2.07. The van der Waals surface area contributed by atoms with E-state index in [1.165, 1.54) is 30.4 Å². The van der Waals surface area contributed by atoms with Crippen LogP contribution in [0.2, 0.25) is 5.02 Å². The Labute approximate surface area is 150 Å². The van der Waals surface area contributed by atoms with Gasteiger partial charge in [0.1, 0.15) is 11.6 Å². The van der Waals surface area contributed by atoms with Crippen molar-refractivity contribution >= 4 is 35.1 Å². The number of carbonyl (C=O) groups excluding carboxylic acids is 2. The van der Waals surface area contributed by atoms with Crippen LogP contribution >= 0.6 is 11.6 Å². The highest BCUT2D eigenvalue weighted by molar-refractivity contribution is 6.32. The van der Waals surface area contributed by atoms with Gasteiger partial charge in [-0.2, -0.15) is 5.10 Å². The zero-order valence-electron chi connectivity index (χ0n) is 13.8. The molecule has 1 aromatic heterocycles. The predicted molar refractivity (Wildman–Crippen MR) is 95.8 cm³/mol. The first-order valence-electron chi connectivity index (χ1n) is 7.90. The average molecular weight is 364 g/mol. The number of aromatic nitrogens is 2. The first-order valence-corrected chi connectivity index (χ1v) is 8.28. The number of anilines is 1. The molecule has 2 rings (SSSR count). The number of carbonyl (C=O) groups is 2. The molecule has 0 fully saturated rings. The molecule has 0 saturated carbocycles. The highest BCUT2D eigenvalue weighted by Gasteiger charge is 2.03. The second-order valence-electron chi connectivity index (χ2n) is 5.64. The van der Waals surface area contributed by atoms with Crippen molar-refractivity contribution in [1.29, 1.82) is 0 Å². The molecule has 0 unspecified atom stereocenters. The summed E-state index contributed by atoms with van der Waals surface area (Å²) in [5, 5.41) is 7.09. The summed E-state index contributed by atoms with van der Waals surface area (Å²) in [6.07, 6.45) is 8.36. The maximum atomic E-state index is 13.0. The third-order valence-electron chi connectivity index (χ3n) is 3.44. The number of amides is 1. The van der Waals surface area contributed by atoms with Gasteiger partial charge in [-0.15, -0.1) is 0 Å². The van der Waals surface area contributed by atoms with Crippen molar-refractivity contribution in [3.8, 4) is 0 Å². The molecule has 0 saturated heterocycles. The molecule has 1 N–H and O–H groups in total. The van der Waals surface area contributed by atoms with Crippen molar-refractivity contribution in [2.75, 3.05) is 5.32 Å². The highest BCUT2D eigenvalue weighted by Crippen LogP contribution is 2.18. The molecule has 5 nitrogen and oxygen atoms in total. The summed E-state index contributed by atoms with van der Waals surface area (Å²) in [5.74, 6) is -0.583. The molecule has 0 bridgehead atoms. The van der Waals surface area contributed by atoms with E-state index < -0.39 is 5.82 Å². The number of benzene rings is 1. The van der Waals surface area contributed by atoms with E-state index in [1.807, 2.05) is 0 Å². The first-order chi connectivity index (χ1) is 11.9. The van der Waals surface area contributed by atoms with Gasteiger partial charge in [-0.3, -0.25) is 9.48 Å². The zero-order valence-corrected chi connectivity index (χ0v) is 14.6. The molecule has 25 heavy (non-hydrogen) atoms. The van der Waals surface area contributed by atoms with E-state index in [1.54, 1.807) is 24.0 Å². The lowest BCUT2D eigenvalue weighted by Gasteiger charge is -2.01. The van der Waals surface area contributed by atoms with Crippen LogP contribution in [0.3, 0.4) is 0 Å². The number of ketones is 1. The van der Waals surface area contributed by atoms with Crippen LogP contribution in [0.1, 0.15) is 31.7 Å². The molecule has 2 aromatic rings. The standard InChI is InChI=1S/C18H19ClFN3O2/c1-13(24)4-2-3-9-23-12-16(11-21-23)22-18(25)8-6-14-5-7-15(20)10-17(14)19/h5-8,10-12H,2-4,9H2,1H3,(H,22,25)/b8-6+. The summed E-state index contributed by atoms with van der Waals surface area (Å²) in [6.45, 7) is 2.26. The predicted octanol–water partition coefficient (Wildman–Crippen LogP) is 4.09.